The molecule has 1 aliphatic heterocycles. The highest BCUT2D eigenvalue weighted by Gasteiger charge is 2.25. The van der Waals surface area contributed by atoms with E-state index in [1.54, 1.807) is 61.0 Å². The second-order valence-corrected chi connectivity index (χ2v) is 8.47. The number of ether oxygens (including phenoxy) is 3. The van der Waals surface area contributed by atoms with E-state index in [9.17, 15) is 9.59 Å². The molecule has 0 saturated heterocycles. The summed E-state index contributed by atoms with van der Waals surface area (Å²) in [4.78, 5) is 35.0. The van der Waals surface area contributed by atoms with Crippen LogP contribution in [0.5, 0.6) is 11.5 Å². The number of aromatic nitrogens is 1. The number of thiazole rings is 1. The molecule has 0 N–H and O–H groups in total. The number of methoxy groups -OCH3 is 1. The number of amides is 1. The first-order valence-electron chi connectivity index (χ1n) is 10.5. The van der Waals surface area contributed by atoms with Gasteiger partial charge in [0.25, 0.3) is 0 Å². The summed E-state index contributed by atoms with van der Waals surface area (Å²) in [6.07, 6.45) is 1.60. The Bertz CT molecular complexity index is 1260. The molecule has 0 unspecified atom stereocenters. The number of carbonyl (C=O) groups is 2. The van der Waals surface area contributed by atoms with Crippen molar-refractivity contribution in [2.75, 3.05) is 12.0 Å². The molecule has 174 valence electrons. The maximum absolute atomic E-state index is 12.4. The van der Waals surface area contributed by atoms with Crippen molar-refractivity contribution in [3.05, 3.63) is 70.9 Å². The van der Waals surface area contributed by atoms with E-state index in [4.69, 9.17) is 14.2 Å². The zero-order chi connectivity index (χ0) is 24.2. The Balaban J connectivity index is 1.56. The Morgan fingerprint density at radius 2 is 1.76 bits per heavy atom. The SMILES string of the molecule is COc1ccc(N(C(C)=O)c2nc(C=C3N=C(c4ccc(OC(C)C)cc4)OC3=O)cs2)cc1. The maximum atomic E-state index is 12.4. The van der Waals surface area contributed by atoms with Gasteiger partial charge in [0, 0.05) is 17.9 Å². The molecule has 0 aliphatic carbocycles. The van der Waals surface area contributed by atoms with Crippen LogP contribution in [-0.4, -0.2) is 36.0 Å². The number of rotatable bonds is 7. The summed E-state index contributed by atoms with van der Waals surface area (Å²) < 4.78 is 16.2. The molecule has 3 aromatic rings. The molecule has 9 heteroatoms. The molecule has 0 radical (unpaired) electrons. The molecule has 1 amide bonds. The average Bonchev–Trinajstić information content (AvgIpc) is 3.41. The number of nitrogens with zero attached hydrogens (tertiary/aromatic N) is 3. The Kier molecular flexibility index (Phi) is 6.74. The number of hydrogen-bond acceptors (Lipinski definition) is 8. The minimum absolute atomic E-state index is 0.0636. The lowest BCUT2D eigenvalue weighted by Crippen LogP contribution is -2.22. The fraction of sp³-hybridized carbons (Fsp3) is 0.200. The van der Waals surface area contributed by atoms with E-state index < -0.39 is 5.97 Å². The number of anilines is 2. The molecule has 1 aromatic heterocycles. The third-order valence-electron chi connectivity index (χ3n) is 4.72. The molecular weight excluding hydrogens is 454 g/mol. The van der Waals surface area contributed by atoms with E-state index in [1.165, 1.54) is 29.2 Å². The summed E-state index contributed by atoms with van der Waals surface area (Å²) in [5.74, 6) is 0.870. The van der Waals surface area contributed by atoms with Gasteiger partial charge in [-0.05, 0) is 68.5 Å². The number of esters is 1. The monoisotopic (exact) mass is 477 g/mol. The predicted octanol–water partition coefficient (Wildman–Crippen LogP) is 4.97. The molecule has 0 spiro atoms. The van der Waals surface area contributed by atoms with Crippen LogP contribution in [-0.2, 0) is 14.3 Å². The van der Waals surface area contributed by atoms with Crippen LogP contribution in [0.2, 0.25) is 0 Å². The standard InChI is InChI=1S/C25H23N3O5S/c1-15(2)32-21-9-5-17(6-10-21)23-27-22(24(30)33-23)13-18-14-34-25(26-18)28(16(3)29)19-7-11-20(31-4)12-8-19/h5-15H,1-4H3. The van der Waals surface area contributed by atoms with Gasteiger partial charge in [0.05, 0.1) is 24.6 Å². The average molecular weight is 478 g/mol. The molecule has 0 bridgehead atoms. The summed E-state index contributed by atoms with van der Waals surface area (Å²) in [5.41, 5.74) is 1.95. The Labute approximate surface area is 201 Å². The fourth-order valence-corrected chi connectivity index (χ4v) is 4.07. The normalized spacial score (nSPS) is 14.2. The lowest BCUT2D eigenvalue weighted by atomic mass is 10.2. The van der Waals surface area contributed by atoms with E-state index in [0.29, 0.717) is 27.8 Å². The lowest BCUT2D eigenvalue weighted by molar-refractivity contribution is -0.130. The number of cyclic esters (lactones) is 1. The van der Waals surface area contributed by atoms with Crippen LogP contribution < -0.4 is 14.4 Å². The summed E-state index contributed by atoms with van der Waals surface area (Å²) in [5, 5.41) is 2.22. The topological polar surface area (TPSA) is 90.3 Å². The van der Waals surface area contributed by atoms with Crippen molar-refractivity contribution in [1.29, 1.82) is 0 Å². The van der Waals surface area contributed by atoms with Gasteiger partial charge in [-0.3, -0.25) is 9.69 Å². The van der Waals surface area contributed by atoms with Crippen molar-refractivity contribution in [1.82, 2.24) is 4.98 Å². The maximum Gasteiger partial charge on any atom is 0.363 e. The summed E-state index contributed by atoms with van der Waals surface area (Å²) >= 11 is 1.28. The number of benzene rings is 2. The molecule has 2 heterocycles. The molecule has 1 aliphatic rings. The van der Waals surface area contributed by atoms with Crippen LogP contribution in [0.4, 0.5) is 10.8 Å². The Morgan fingerprint density at radius 1 is 1.09 bits per heavy atom. The van der Waals surface area contributed by atoms with E-state index in [-0.39, 0.29) is 23.6 Å². The number of aliphatic imine (C=N–C) groups is 1. The van der Waals surface area contributed by atoms with Crippen molar-refractivity contribution >= 4 is 46.0 Å². The first-order valence-corrected chi connectivity index (χ1v) is 11.4. The third kappa shape index (κ3) is 5.15. The molecule has 34 heavy (non-hydrogen) atoms. The number of carbonyl (C=O) groups excluding carboxylic acids is 2. The molecule has 8 nitrogen and oxygen atoms in total. The van der Waals surface area contributed by atoms with Crippen LogP contribution in [0, 0.1) is 0 Å². The fourth-order valence-electron chi connectivity index (χ4n) is 3.22. The zero-order valence-corrected chi connectivity index (χ0v) is 20.0. The van der Waals surface area contributed by atoms with Gasteiger partial charge in [-0.15, -0.1) is 11.3 Å². The molecule has 2 aromatic carbocycles. The van der Waals surface area contributed by atoms with Crippen molar-refractivity contribution in [2.24, 2.45) is 4.99 Å². The van der Waals surface area contributed by atoms with Crippen LogP contribution in [0.1, 0.15) is 32.0 Å². The highest BCUT2D eigenvalue weighted by Crippen LogP contribution is 2.31. The van der Waals surface area contributed by atoms with Crippen molar-refractivity contribution in [3.63, 3.8) is 0 Å². The quantitative estimate of drug-likeness (QED) is 0.353. The second kappa shape index (κ2) is 9.88. The van der Waals surface area contributed by atoms with Crippen LogP contribution in [0.15, 0.2) is 64.6 Å². The van der Waals surface area contributed by atoms with Crippen molar-refractivity contribution in [2.45, 2.75) is 26.9 Å². The molecule has 4 rings (SSSR count). The molecule has 0 saturated carbocycles. The van der Waals surface area contributed by atoms with Crippen LogP contribution >= 0.6 is 11.3 Å². The summed E-state index contributed by atoms with van der Waals surface area (Å²) in [6.45, 7) is 5.36. The van der Waals surface area contributed by atoms with Crippen molar-refractivity contribution < 1.29 is 23.8 Å². The van der Waals surface area contributed by atoms with Gasteiger partial charge in [0.1, 0.15) is 11.5 Å². The minimum atomic E-state index is -0.564. The van der Waals surface area contributed by atoms with E-state index in [2.05, 4.69) is 9.98 Å². The van der Waals surface area contributed by atoms with Gasteiger partial charge >= 0.3 is 5.97 Å². The van der Waals surface area contributed by atoms with Crippen LogP contribution in [0.25, 0.3) is 6.08 Å². The van der Waals surface area contributed by atoms with Gasteiger partial charge in [-0.2, -0.15) is 0 Å². The Hall–Kier alpha value is -3.98. The number of hydrogen-bond donors (Lipinski definition) is 0. The first-order chi connectivity index (χ1) is 16.3. The third-order valence-corrected chi connectivity index (χ3v) is 5.57. The van der Waals surface area contributed by atoms with Crippen molar-refractivity contribution in [3.8, 4) is 11.5 Å². The van der Waals surface area contributed by atoms with E-state index in [0.717, 1.165) is 5.75 Å². The highest BCUT2D eigenvalue weighted by molar-refractivity contribution is 7.14. The highest BCUT2D eigenvalue weighted by atomic mass is 32.1. The zero-order valence-electron chi connectivity index (χ0n) is 19.1. The first kappa shape index (κ1) is 23.2. The van der Waals surface area contributed by atoms with E-state index >= 15 is 0 Å². The van der Waals surface area contributed by atoms with Crippen LogP contribution in [0.3, 0.4) is 0 Å². The largest absolute Gasteiger partial charge is 0.497 e. The molecule has 0 fully saturated rings. The van der Waals surface area contributed by atoms with Gasteiger partial charge in [-0.25, -0.2) is 14.8 Å². The molecule has 0 atom stereocenters. The predicted molar refractivity (Wildman–Crippen MR) is 131 cm³/mol. The summed E-state index contributed by atoms with van der Waals surface area (Å²) in [7, 11) is 1.58. The summed E-state index contributed by atoms with van der Waals surface area (Å²) in [6, 6.07) is 14.3. The van der Waals surface area contributed by atoms with Gasteiger partial charge in [-0.1, -0.05) is 0 Å². The molecular formula is C25H23N3O5S. The lowest BCUT2D eigenvalue weighted by Gasteiger charge is -2.18. The van der Waals surface area contributed by atoms with Gasteiger partial charge in [0.15, 0.2) is 10.8 Å². The van der Waals surface area contributed by atoms with Gasteiger partial charge < -0.3 is 14.2 Å². The second-order valence-electron chi connectivity index (χ2n) is 7.63. The minimum Gasteiger partial charge on any atom is -0.497 e. The van der Waals surface area contributed by atoms with E-state index in [1.807, 2.05) is 13.8 Å². The van der Waals surface area contributed by atoms with Gasteiger partial charge in [0.2, 0.25) is 11.8 Å². The smallest absolute Gasteiger partial charge is 0.363 e. The Morgan fingerprint density at radius 3 is 2.38 bits per heavy atom.